The van der Waals surface area contributed by atoms with E-state index in [2.05, 4.69) is 11.0 Å². The molecule has 3 aliphatic rings. The van der Waals surface area contributed by atoms with Crippen LogP contribution in [0.25, 0.3) is 0 Å². The zero-order valence-corrected chi connectivity index (χ0v) is 12.3. The van der Waals surface area contributed by atoms with E-state index in [4.69, 9.17) is 14.2 Å². The number of rotatable bonds is 5. The molecule has 0 aromatic rings. The fourth-order valence-corrected chi connectivity index (χ4v) is 3.25. The molecule has 0 bridgehead atoms. The van der Waals surface area contributed by atoms with Crippen LogP contribution in [0.1, 0.15) is 32.1 Å². The van der Waals surface area contributed by atoms with Crippen LogP contribution in [-0.4, -0.2) is 56.6 Å². The summed E-state index contributed by atoms with van der Waals surface area (Å²) in [6, 6.07) is 0. The number of hydrogen-bond donors (Lipinski definition) is 0. The second-order valence-corrected chi connectivity index (χ2v) is 6.27. The fourth-order valence-electron chi connectivity index (χ4n) is 3.25. The van der Waals surface area contributed by atoms with Gasteiger partial charge in [0, 0.05) is 32.2 Å². The van der Waals surface area contributed by atoms with Crippen molar-refractivity contribution in [3.63, 3.8) is 0 Å². The van der Waals surface area contributed by atoms with E-state index in [1.807, 2.05) is 6.26 Å². The van der Waals surface area contributed by atoms with Crippen LogP contribution in [0.15, 0.2) is 12.3 Å². The maximum atomic E-state index is 6.06. The predicted octanol–water partition coefficient (Wildman–Crippen LogP) is 2.20. The lowest BCUT2D eigenvalue weighted by atomic mass is 10.1. The zero-order chi connectivity index (χ0) is 13.6. The second-order valence-electron chi connectivity index (χ2n) is 6.27. The van der Waals surface area contributed by atoms with Gasteiger partial charge in [-0.3, -0.25) is 4.90 Å². The minimum Gasteiger partial charge on any atom is -0.497 e. The molecule has 2 atom stereocenters. The SMILES string of the molecule is C1=COC(CN2CCC(OCC3CCOC3)CC2)CC1. The normalized spacial score (nSPS) is 32.4. The van der Waals surface area contributed by atoms with Gasteiger partial charge in [0.2, 0.25) is 0 Å². The van der Waals surface area contributed by atoms with E-state index in [1.54, 1.807) is 0 Å². The summed E-state index contributed by atoms with van der Waals surface area (Å²) < 4.78 is 17.1. The Morgan fingerprint density at radius 1 is 1.15 bits per heavy atom. The van der Waals surface area contributed by atoms with Crippen LogP contribution in [0.4, 0.5) is 0 Å². The van der Waals surface area contributed by atoms with Crippen molar-refractivity contribution < 1.29 is 14.2 Å². The molecule has 0 aromatic carbocycles. The van der Waals surface area contributed by atoms with Crippen LogP contribution in [-0.2, 0) is 14.2 Å². The molecule has 2 saturated heterocycles. The largest absolute Gasteiger partial charge is 0.497 e. The summed E-state index contributed by atoms with van der Waals surface area (Å²) in [5.74, 6) is 0.635. The molecule has 2 fully saturated rings. The average Bonchev–Trinajstić information content (AvgIpc) is 3.01. The molecule has 0 radical (unpaired) electrons. The number of ether oxygens (including phenoxy) is 3. The van der Waals surface area contributed by atoms with Crippen LogP contribution >= 0.6 is 0 Å². The molecule has 20 heavy (non-hydrogen) atoms. The van der Waals surface area contributed by atoms with Gasteiger partial charge in [-0.05, 0) is 38.2 Å². The number of allylic oxidation sites excluding steroid dienone is 1. The first-order valence-electron chi connectivity index (χ1n) is 8.12. The minimum atomic E-state index is 0.396. The van der Waals surface area contributed by atoms with Gasteiger partial charge < -0.3 is 14.2 Å². The predicted molar refractivity (Wildman–Crippen MR) is 77.6 cm³/mol. The van der Waals surface area contributed by atoms with Crippen LogP contribution in [0.3, 0.4) is 0 Å². The minimum absolute atomic E-state index is 0.396. The molecule has 0 aromatic heterocycles. The summed E-state index contributed by atoms with van der Waals surface area (Å²) in [5.41, 5.74) is 0. The quantitative estimate of drug-likeness (QED) is 0.773. The molecule has 0 N–H and O–H groups in total. The summed E-state index contributed by atoms with van der Waals surface area (Å²) in [6.45, 7) is 6.08. The third-order valence-corrected chi connectivity index (χ3v) is 4.61. The standard InChI is InChI=1S/C16H27NO3/c1-2-9-19-16(3-1)11-17-7-4-15(5-8-17)20-13-14-6-10-18-12-14/h2,9,14-16H,1,3-8,10-13H2. The second kappa shape index (κ2) is 7.43. The number of nitrogens with zero attached hydrogens (tertiary/aromatic N) is 1. The summed E-state index contributed by atoms with van der Waals surface area (Å²) in [4.78, 5) is 2.53. The number of piperidine rings is 1. The molecule has 4 nitrogen and oxygen atoms in total. The van der Waals surface area contributed by atoms with E-state index in [-0.39, 0.29) is 0 Å². The topological polar surface area (TPSA) is 30.9 Å². The fraction of sp³-hybridized carbons (Fsp3) is 0.875. The van der Waals surface area contributed by atoms with E-state index in [0.29, 0.717) is 18.1 Å². The summed E-state index contributed by atoms with van der Waals surface area (Å²) >= 11 is 0. The Balaban J connectivity index is 1.31. The highest BCUT2D eigenvalue weighted by Crippen LogP contribution is 2.19. The Hall–Kier alpha value is -0.580. The Kier molecular flexibility index (Phi) is 5.34. The van der Waals surface area contributed by atoms with Crippen molar-refractivity contribution in [3.8, 4) is 0 Å². The number of likely N-dealkylation sites (tertiary alicyclic amines) is 1. The zero-order valence-electron chi connectivity index (χ0n) is 12.3. The van der Waals surface area contributed by atoms with Gasteiger partial charge in [-0.1, -0.05) is 0 Å². The van der Waals surface area contributed by atoms with E-state index >= 15 is 0 Å². The lowest BCUT2D eigenvalue weighted by Crippen LogP contribution is -2.42. The molecule has 3 aliphatic heterocycles. The molecular weight excluding hydrogens is 254 g/mol. The first-order chi connectivity index (χ1) is 9.90. The maximum Gasteiger partial charge on any atom is 0.111 e. The molecule has 0 amide bonds. The molecule has 0 aliphatic carbocycles. The Morgan fingerprint density at radius 3 is 2.75 bits per heavy atom. The van der Waals surface area contributed by atoms with Gasteiger partial charge in [-0.25, -0.2) is 0 Å². The van der Waals surface area contributed by atoms with E-state index in [9.17, 15) is 0 Å². The van der Waals surface area contributed by atoms with Crippen LogP contribution < -0.4 is 0 Å². The highest BCUT2D eigenvalue weighted by atomic mass is 16.5. The van der Waals surface area contributed by atoms with Crippen molar-refractivity contribution in [1.82, 2.24) is 4.90 Å². The molecule has 2 unspecified atom stereocenters. The van der Waals surface area contributed by atoms with Crippen molar-refractivity contribution in [2.45, 2.75) is 44.3 Å². The Bertz CT molecular complexity index is 307. The van der Waals surface area contributed by atoms with E-state index < -0.39 is 0 Å². The smallest absolute Gasteiger partial charge is 0.111 e. The van der Waals surface area contributed by atoms with Gasteiger partial charge in [0.15, 0.2) is 0 Å². The summed E-state index contributed by atoms with van der Waals surface area (Å²) in [6.07, 6.45) is 10.7. The summed E-state index contributed by atoms with van der Waals surface area (Å²) in [7, 11) is 0. The van der Waals surface area contributed by atoms with E-state index in [0.717, 1.165) is 65.1 Å². The molecular formula is C16H27NO3. The molecule has 4 heteroatoms. The third kappa shape index (κ3) is 4.21. The first kappa shape index (κ1) is 14.4. The van der Waals surface area contributed by atoms with Crippen molar-refractivity contribution in [2.75, 3.05) is 39.5 Å². The number of hydrogen-bond acceptors (Lipinski definition) is 4. The van der Waals surface area contributed by atoms with Crippen molar-refractivity contribution in [1.29, 1.82) is 0 Å². The van der Waals surface area contributed by atoms with Gasteiger partial charge in [0.05, 0.1) is 25.6 Å². The van der Waals surface area contributed by atoms with Gasteiger partial charge in [-0.15, -0.1) is 0 Å². The molecule has 3 heterocycles. The van der Waals surface area contributed by atoms with Crippen molar-refractivity contribution in [3.05, 3.63) is 12.3 Å². The first-order valence-corrected chi connectivity index (χ1v) is 8.12. The Morgan fingerprint density at radius 2 is 2.05 bits per heavy atom. The molecule has 114 valence electrons. The molecule has 3 rings (SSSR count). The lowest BCUT2D eigenvalue weighted by Gasteiger charge is -2.34. The highest BCUT2D eigenvalue weighted by Gasteiger charge is 2.24. The van der Waals surface area contributed by atoms with Gasteiger partial charge in [0.25, 0.3) is 0 Å². The van der Waals surface area contributed by atoms with Gasteiger partial charge in [0.1, 0.15) is 6.10 Å². The van der Waals surface area contributed by atoms with Gasteiger partial charge in [-0.2, -0.15) is 0 Å². The molecule has 0 saturated carbocycles. The van der Waals surface area contributed by atoms with Crippen LogP contribution in [0.5, 0.6) is 0 Å². The maximum absolute atomic E-state index is 6.06. The van der Waals surface area contributed by atoms with Gasteiger partial charge >= 0.3 is 0 Å². The monoisotopic (exact) mass is 281 g/mol. The third-order valence-electron chi connectivity index (χ3n) is 4.61. The van der Waals surface area contributed by atoms with E-state index in [1.165, 1.54) is 6.42 Å². The van der Waals surface area contributed by atoms with Crippen molar-refractivity contribution in [2.24, 2.45) is 5.92 Å². The van der Waals surface area contributed by atoms with Crippen molar-refractivity contribution >= 4 is 0 Å². The van der Waals surface area contributed by atoms with Crippen LogP contribution in [0.2, 0.25) is 0 Å². The lowest BCUT2D eigenvalue weighted by molar-refractivity contribution is -0.0194. The summed E-state index contributed by atoms with van der Waals surface area (Å²) in [5, 5.41) is 0. The molecule has 0 spiro atoms. The highest BCUT2D eigenvalue weighted by molar-refractivity contribution is 4.84. The Labute approximate surface area is 122 Å². The average molecular weight is 281 g/mol. The van der Waals surface area contributed by atoms with Crippen LogP contribution in [0, 0.1) is 5.92 Å².